The van der Waals surface area contributed by atoms with E-state index in [9.17, 15) is 0 Å². The Bertz CT molecular complexity index is 394. The van der Waals surface area contributed by atoms with Gasteiger partial charge in [0.1, 0.15) is 0 Å². The van der Waals surface area contributed by atoms with Crippen molar-refractivity contribution in [2.24, 2.45) is 0 Å². The van der Waals surface area contributed by atoms with E-state index in [4.69, 9.17) is 0 Å². The van der Waals surface area contributed by atoms with Gasteiger partial charge in [-0.25, -0.2) is 0 Å². The molecular formula is C16H24N2. The lowest BCUT2D eigenvalue weighted by Crippen LogP contribution is -2.31. The first-order valence-electron chi connectivity index (χ1n) is 7.50. The Hall–Kier alpha value is -1.02. The maximum absolute atomic E-state index is 3.48. The first kappa shape index (κ1) is 12.0. The number of rotatable bonds is 3. The van der Waals surface area contributed by atoms with Crippen LogP contribution < -0.4 is 5.32 Å². The number of fused-ring (bicyclic) bond motifs is 1. The lowest BCUT2D eigenvalue weighted by Gasteiger charge is -2.26. The minimum Gasteiger partial charge on any atom is -0.385 e. The molecule has 0 bridgehead atoms. The number of anilines is 1. The molecule has 2 heterocycles. The van der Waals surface area contributed by atoms with Crippen molar-refractivity contribution >= 4 is 5.69 Å². The van der Waals surface area contributed by atoms with Crippen molar-refractivity contribution in [3.05, 3.63) is 29.3 Å². The van der Waals surface area contributed by atoms with Crippen molar-refractivity contribution in [2.75, 3.05) is 31.5 Å². The minimum atomic E-state index is 1.14. The number of nitrogens with one attached hydrogen (secondary N) is 1. The molecule has 3 rings (SSSR count). The molecule has 0 atom stereocenters. The Balaban J connectivity index is 1.58. The monoisotopic (exact) mass is 244 g/mol. The summed E-state index contributed by atoms with van der Waals surface area (Å²) in [6.07, 6.45) is 7.97. The molecule has 1 aromatic rings. The second-order valence-electron chi connectivity index (χ2n) is 5.67. The van der Waals surface area contributed by atoms with E-state index in [1.54, 1.807) is 0 Å². The molecular weight excluding hydrogens is 220 g/mol. The van der Waals surface area contributed by atoms with Crippen LogP contribution in [0.15, 0.2) is 18.2 Å². The first-order valence-corrected chi connectivity index (χ1v) is 7.50. The highest BCUT2D eigenvalue weighted by molar-refractivity contribution is 5.54. The molecule has 18 heavy (non-hydrogen) atoms. The van der Waals surface area contributed by atoms with Gasteiger partial charge in [-0.2, -0.15) is 0 Å². The molecule has 0 unspecified atom stereocenters. The zero-order chi connectivity index (χ0) is 12.2. The standard InChI is InChI=1S/C16H24N2/c1-2-10-18(11-3-1)12-8-14-6-7-16-15(13-14)5-4-9-17-16/h6-7,13,17H,1-5,8-12H2. The van der Waals surface area contributed by atoms with Crippen LogP contribution in [0.25, 0.3) is 0 Å². The number of nitrogens with zero attached hydrogens (tertiary/aromatic N) is 1. The van der Waals surface area contributed by atoms with E-state index >= 15 is 0 Å². The normalized spacial score (nSPS) is 20.2. The topological polar surface area (TPSA) is 15.3 Å². The number of hydrogen-bond acceptors (Lipinski definition) is 2. The van der Waals surface area contributed by atoms with Gasteiger partial charge < -0.3 is 10.2 Å². The summed E-state index contributed by atoms with van der Waals surface area (Å²) in [5.41, 5.74) is 4.41. The molecule has 2 nitrogen and oxygen atoms in total. The minimum absolute atomic E-state index is 1.14. The lowest BCUT2D eigenvalue weighted by molar-refractivity contribution is 0.231. The summed E-state index contributed by atoms with van der Waals surface area (Å²) in [6, 6.07) is 7.01. The molecule has 98 valence electrons. The highest BCUT2D eigenvalue weighted by Gasteiger charge is 2.11. The van der Waals surface area contributed by atoms with Gasteiger partial charge in [0.05, 0.1) is 0 Å². The van der Waals surface area contributed by atoms with E-state index in [2.05, 4.69) is 28.4 Å². The molecule has 0 radical (unpaired) electrons. The van der Waals surface area contributed by atoms with Crippen molar-refractivity contribution < 1.29 is 0 Å². The van der Waals surface area contributed by atoms with Crippen molar-refractivity contribution in [2.45, 2.75) is 38.5 Å². The van der Waals surface area contributed by atoms with Crippen molar-refractivity contribution in [3.8, 4) is 0 Å². The molecule has 0 spiro atoms. The third kappa shape index (κ3) is 2.86. The molecule has 2 aliphatic rings. The van der Waals surface area contributed by atoms with Crippen LogP contribution >= 0.6 is 0 Å². The Kier molecular flexibility index (Phi) is 3.84. The number of likely N-dealkylation sites (tertiary alicyclic amines) is 1. The first-order chi connectivity index (χ1) is 8.92. The summed E-state index contributed by atoms with van der Waals surface area (Å²) in [5, 5.41) is 3.48. The van der Waals surface area contributed by atoms with Crippen molar-refractivity contribution in [3.63, 3.8) is 0 Å². The van der Waals surface area contributed by atoms with Gasteiger partial charge in [0.15, 0.2) is 0 Å². The van der Waals surface area contributed by atoms with Crippen LogP contribution in [0.3, 0.4) is 0 Å². The Morgan fingerprint density at radius 1 is 1.06 bits per heavy atom. The molecule has 1 fully saturated rings. The summed E-state index contributed by atoms with van der Waals surface area (Å²) in [5.74, 6) is 0. The zero-order valence-corrected chi connectivity index (χ0v) is 11.3. The smallest absolute Gasteiger partial charge is 0.0372 e. The van der Waals surface area contributed by atoms with Crippen LogP contribution in [-0.2, 0) is 12.8 Å². The maximum atomic E-state index is 3.48. The van der Waals surface area contributed by atoms with E-state index in [1.165, 1.54) is 75.0 Å². The third-order valence-electron chi connectivity index (χ3n) is 4.27. The second-order valence-corrected chi connectivity index (χ2v) is 5.67. The maximum Gasteiger partial charge on any atom is 0.0372 e. The molecule has 0 aromatic heterocycles. The molecule has 1 saturated heterocycles. The highest BCUT2D eigenvalue weighted by Crippen LogP contribution is 2.23. The predicted octanol–water partition coefficient (Wildman–Crippen LogP) is 3.07. The number of piperidine rings is 1. The SMILES string of the molecule is c1cc2c(cc1CCN1CCCCC1)CCCN2. The van der Waals surface area contributed by atoms with Gasteiger partial charge in [0, 0.05) is 18.8 Å². The van der Waals surface area contributed by atoms with Gasteiger partial charge >= 0.3 is 0 Å². The average Bonchev–Trinajstić information content (AvgIpc) is 2.46. The fourth-order valence-electron chi connectivity index (χ4n) is 3.15. The summed E-state index contributed by atoms with van der Waals surface area (Å²) >= 11 is 0. The quantitative estimate of drug-likeness (QED) is 0.879. The van der Waals surface area contributed by atoms with Crippen LogP contribution in [0.1, 0.15) is 36.8 Å². The van der Waals surface area contributed by atoms with Crippen LogP contribution in [0, 0.1) is 0 Å². The summed E-state index contributed by atoms with van der Waals surface area (Å²) < 4.78 is 0. The summed E-state index contributed by atoms with van der Waals surface area (Å²) in [6.45, 7) is 5.01. The molecule has 0 aliphatic carbocycles. The molecule has 0 amide bonds. The molecule has 1 aromatic carbocycles. The highest BCUT2D eigenvalue weighted by atomic mass is 15.1. The van der Waals surface area contributed by atoms with Gasteiger partial charge in [-0.05, 0) is 62.4 Å². The van der Waals surface area contributed by atoms with Crippen LogP contribution in [0.4, 0.5) is 5.69 Å². The Morgan fingerprint density at radius 3 is 2.83 bits per heavy atom. The number of benzene rings is 1. The average molecular weight is 244 g/mol. The van der Waals surface area contributed by atoms with Gasteiger partial charge in [-0.3, -0.25) is 0 Å². The summed E-state index contributed by atoms with van der Waals surface area (Å²) in [4.78, 5) is 2.63. The molecule has 2 aliphatic heterocycles. The fraction of sp³-hybridized carbons (Fsp3) is 0.625. The fourth-order valence-corrected chi connectivity index (χ4v) is 3.15. The van der Waals surface area contributed by atoms with Gasteiger partial charge in [-0.1, -0.05) is 18.6 Å². The van der Waals surface area contributed by atoms with Gasteiger partial charge in [0.2, 0.25) is 0 Å². The zero-order valence-electron chi connectivity index (χ0n) is 11.3. The van der Waals surface area contributed by atoms with Gasteiger partial charge in [-0.15, -0.1) is 0 Å². The van der Waals surface area contributed by atoms with Crippen LogP contribution in [0.5, 0.6) is 0 Å². The van der Waals surface area contributed by atoms with Crippen LogP contribution in [-0.4, -0.2) is 31.1 Å². The lowest BCUT2D eigenvalue weighted by atomic mass is 9.99. The van der Waals surface area contributed by atoms with Crippen molar-refractivity contribution in [1.82, 2.24) is 4.90 Å². The molecule has 1 N–H and O–H groups in total. The third-order valence-corrected chi connectivity index (χ3v) is 4.27. The van der Waals surface area contributed by atoms with E-state index in [1.807, 2.05) is 0 Å². The largest absolute Gasteiger partial charge is 0.385 e. The van der Waals surface area contributed by atoms with Gasteiger partial charge in [0.25, 0.3) is 0 Å². The molecule has 0 saturated carbocycles. The van der Waals surface area contributed by atoms with E-state index in [0.717, 1.165) is 6.54 Å². The van der Waals surface area contributed by atoms with Crippen molar-refractivity contribution in [1.29, 1.82) is 0 Å². The Morgan fingerprint density at radius 2 is 1.94 bits per heavy atom. The second kappa shape index (κ2) is 5.75. The number of hydrogen-bond donors (Lipinski definition) is 1. The Labute approximate surface area is 110 Å². The summed E-state index contributed by atoms with van der Waals surface area (Å²) in [7, 11) is 0. The predicted molar refractivity (Wildman–Crippen MR) is 77.2 cm³/mol. The van der Waals surface area contributed by atoms with E-state index < -0.39 is 0 Å². The van der Waals surface area contributed by atoms with E-state index in [0.29, 0.717) is 0 Å². The van der Waals surface area contributed by atoms with Crippen LogP contribution in [0.2, 0.25) is 0 Å². The molecule has 2 heteroatoms. The van der Waals surface area contributed by atoms with E-state index in [-0.39, 0.29) is 0 Å². The number of aryl methyl sites for hydroxylation is 1.